The van der Waals surface area contributed by atoms with Crippen LogP contribution >= 0.6 is 0 Å². The Hall–Kier alpha value is -3.43. The second-order valence-electron chi connectivity index (χ2n) is 11.9. The average Bonchev–Trinajstić information content (AvgIpc) is 3.37. The van der Waals surface area contributed by atoms with Gasteiger partial charge in [-0.1, -0.05) is 81.3 Å². The summed E-state index contributed by atoms with van der Waals surface area (Å²) in [6.07, 6.45) is 11.8. The largest absolute Gasteiger partial charge is 0.463 e. The SMILES string of the molecule is CCCCCCCCCCc1ccc(-c2noc(CC3CCCN(C(=NC(=O)O)NC(=O)OC(C)(C)C)C3)n2)cc1. The van der Waals surface area contributed by atoms with Gasteiger partial charge in [0.05, 0.1) is 0 Å². The fourth-order valence-electron chi connectivity index (χ4n) is 5.07. The first kappa shape index (κ1) is 32.1. The van der Waals surface area contributed by atoms with E-state index < -0.39 is 17.8 Å². The second-order valence-corrected chi connectivity index (χ2v) is 11.9. The number of piperidine rings is 1. The molecular formula is C31H47N5O5. The first-order valence-electron chi connectivity index (χ1n) is 15.1. The van der Waals surface area contributed by atoms with E-state index >= 15 is 0 Å². The molecule has 3 rings (SSSR count). The molecule has 1 aliphatic rings. The first-order chi connectivity index (χ1) is 19.6. The second kappa shape index (κ2) is 16.1. The zero-order valence-electron chi connectivity index (χ0n) is 25.2. The number of ether oxygens (including phenoxy) is 1. The van der Waals surface area contributed by atoms with Gasteiger partial charge in [-0.05, 0) is 57.9 Å². The summed E-state index contributed by atoms with van der Waals surface area (Å²) in [6.45, 7) is 8.53. The zero-order valence-corrected chi connectivity index (χ0v) is 25.2. The van der Waals surface area contributed by atoms with Crippen molar-refractivity contribution < 1.29 is 24.0 Å². The Kier molecular flexibility index (Phi) is 12.6. The lowest BCUT2D eigenvalue weighted by atomic mass is 9.95. The van der Waals surface area contributed by atoms with Gasteiger partial charge in [-0.15, -0.1) is 4.99 Å². The molecule has 10 nitrogen and oxygen atoms in total. The maximum absolute atomic E-state index is 12.3. The number of nitrogens with zero attached hydrogens (tertiary/aromatic N) is 4. The van der Waals surface area contributed by atoms with E-state index in [-0.39, 0.29) is 11.9 Å². The minimum atomic E-state index is -1.39. The molecular weight excluding hydrogens is 522 g/mol. The molecule has 1 atom stereocenters. The molecule has 1 unspecified atom stereocenters. The van der Waals surface area contributed by atoms with Gasteiger partial charge in [-0.3, -0.25) is 5.32 Å². The predicted octanol–water partition coefficient (Wildman–Crippen LogP) is 7.23. The number of likely N-dealkylation sites (tertiary alicyclic amines) is 1. The summed E-state index contributed by atoms with van der Waals surface area (Å²) < 4.78 is 10.8. The Morgan fingerprint density at radius 2 is 1.78 bits per heavy atom. The number of hydrogen-bond donors (Lipinski definition) is 2. The number of hydrogen-bond acceptors (Lipinski definition) is 6. The normalized spacial score (nSPS) is 16.0. The number of aromatic nitrogens is 2. The number of alkyl carbamates (subject to hydrolysis) is 1. The van der Waals surface area contributed by atoms with Crippen LogP contribution in [0.2, 0.25) is 0 Å². The quantitative estimate of drug-likeness (QED) is 0.155. The Morgan fingerprint density at radius 3 is 2.44 bits per heavy atom. The van der Waals surface area contributed by atoms with Crippen molar-refractivity contribution in [2.45, 2.75) is 110 Å². The monoisotopic (exact) mass is 569 g/mol. The zero-order chi connectivity index (χ0) is 29.7. The number of unbranched alkanes of at least 4 members (excludes halogenated alkanes) is 7. The Bertz CT molecular complexity index is 1120. The molecule has 41 heavy (non-hydrogen) atoms. The van der Waals surface area contributed by atoms with E-state index in [2.05, 4.69) is 39.5 Å². The molecule has 1 aromatic heterocycles. The van der Waals surface area contributed by atoms with Crippen LogP contribution in [0.3, 0.4) is 0 Å². The number of aryl methyl sites for hydroxylation is 1. The van der Waals surface area contributed by atoms with Crippen molar-refractivity contribution >= 4 is 18.1 Å². The average molecular weight is 570 g/mol. The van der Waals surface area contributed by atoms with Crippen molar-refractivity contribution in [2.75, 3.05) is 13.1 Å². The molecule has 2 heterocycles. The van der Waals surface area contributed by atoms with E-state index in [1.807, 2.05) is 12.1 Å². The molecule has 0 bridgehead atoms. The number of rotatable bonds is 12. The fraction of sp³-hybridized carbons (Fsp3) is 0.645. The molecule has 1 aromatic carbocycles. The van der Waals surface area contributed by atoms with Gasteiger partial charge < -0.3 is 19.3 Å². The van der Waals surface area contributed by atoms with Gasteiger partial charge in [0.1, 0.15) is 5.60 Å². The van der Waals surface area contributed by atoms with E-state index in [4.69, 9.17) is 9.26 Å². The van der Waals surface area contributed by atoms with E-state index in [1.54, 1.807) is 25.7 Å². The van der Waals surface area contributed by atoms with Crippen molar-refractivity contribution in [2.24, 2.45) is 10.9 Å². The van der Waals surface area contributed by atoms with E-state index in [1.165, 1.54) is 56.9 Å². The minimum Gasteiger partial charge on any atom is -0.463 e. The number of guanidine groups is 1. The van der Waals surface area contributed by atoms with Gasteiger partial charge in [0.2, 0.25) is 17.7 Å². The Morgan fingerprint density at radius 1 is 1.10 bits per heavy atom. The molecule has 226 valence electrons. The van der Waals surface area contributed by atoms with Crippen molar-refractivity contribution in [3.63, 3.8) is 0 Å². The summed E-state index contributed by atoms with van der Waals surface area (Å²) >= 11 is 0. The van der Waals surface area contributed by atoms with Crippen LogP contribution in [0.4, 0.5) is 9.59 Å². The van der Waals surface area contributed by atoms with Gasteiger partial charge in [-0.25, -0.2) is 9.59 Å². The molecule has 0 saturated carbocycles. The summed E-state index contributed by atoms with van der Waals surface area (Å²) in [6, 6.07) is 8.39. The van der Waals surface area contributed by atoms with Gasteiger partial charge in [0.15, 0.2) is 0 Å². The topological polar surface area (TPSA) is 130 Å². The predicted molar refractivity (Wildman–Crippen MR) is 159 cm³/mol. The number of aliphatic imine (C=N–C) groups is 1. The van der Waals surface area contributed by atoms with E-state index in [0.29, 0.717) is 31.2 Å². The molecule has 0 aliphatic carbocycles. The Labute approximate surface area is 243 Å². The van der Waals surface area contributed by atoms with Crippen molar-refractivity contribution in [3.8, 4) is 11.4 Å². The van der Waals surface area contributed by atoms with Crippen LogP contribution in [0.15, 0.2) is 33.8 Å². The summed E-state index contributed by atoms with van der Waals surface area (Å²) in [5.41, 5.74) is 1.53. The van der Waals surface area contributed by atoms with Gasteiger partial charge in [-0.2, -0.15) is 4.98 Å². The van der Waals surface area contributed by atoms with Gasteiger partial charge >= 0.3 is 12.2 Å². The number of carbonyl (C=O) groups excluding carboxylic acids is 1. The number of amides is 2. The Balaban J connectivity index is 1.50. The molecule has 1 saturated heterocycles. The van der Waals surface area contributed by atoms with E-state index in [9.17, 15) is 14.7 Å². The van der Waals surface area contributed by atoms with Crippen LogP contribution in [0, 0.1) is 5.92 Å². The summed E-state index contributed by atoms with van der Waals surface area (Å²) in [5.74, 6) is 1.19. The van der Waals surface area contributed by atoms with Crippen LogP contribution < -0.4 is 5.32 Å². The number of nitrogens with one attached hydrogen (secondary N) is 1. The molecule has 1 fully saturated rings. The molecule has 2 amide bonds. The van der Waals surface area contributed by atoms with Crippen LogP contribution in [-0.2, 0) is 17.6 Å². The van der Waals surface area contributed by atoms with Crippen molar-refractivity contribution in [3.05, 3.63) is 35.7 Å². The van der Waals surface area contributed by atoms with Crippen molar-refractivity contribution in [1.82, 2.24) is 20.4 Å². The standard InChI is InChI=1S/C31H47N5O5/c1-5-6-7-8-9-10-11-12-14-23-16-18-25(19-17-23)27-32-26(41-35-27)21-24-15-13-20-36(22-24)28(33-29(37)38)34-30(39)40-31(2,3)4/h16-19,24H,5-15,20-22H2,1-4H3,(H,37,38)(H,33,34,39). The maximum atomic E-state index is 12.3. The first-order valence-corrected chi connectivity index (χ1v) is 15.1. The third-order valence-corrected chi connectivity index (χ3v) is 7.10. The molecule has 1 aliphatic heterocycles. The third-order valence-electron chi connectivity index (χ3n) is 7.10. The third kappa shape index (κ3) is 11.9. The summed E-state index contributed by atoms with van der Waals surface area (Å²) in [7, 11) is 0. The highest BCUT2D eigenvalue weighted by Crippen LogP contribution is 2.23. The number of carbonyl (C=O) groups is 2. The molecule has 0 spiro atoms. The smallest absolute Gasteiger partial charge is 0.434 e. The highest BCUT2D eigenvalue weighted by atomic mass is 16.6. The minimum absolute atomic E-state index is 0.0327. The van der Waals surface area contributed by atoms with Gasteiger partial charge in [0, 0.05) is 25.1 Å². The summed E-state index contributed by atoms with van der Waals surface area (Å²) in [5, 5.41) is 15.9. The molecule has 0 radical (unpaired) electrons. The fourth-order valence-corrected chi connectivity index (χ4v) is 5.07. The lowest BCUT2D eigenvalue weighted by molar-refractivity contribution is 0.0553. The lowest BCUT2D eigenvalue weighted by Crippen LogP contribution is -2.50. The van der Waals surface area contributed by atoms with Crippen LogP contribution in [0.5, 0.6) is 0 Å². The van der Waals surface area contributed by atoms with Crippen LogP contribution in [-0.4, -0.2) is 57.0 Å². The van der Waals surface area contributed by atoms with Crippen molar-refractivity contribution in [1.29, 1.82) is 0 Å². The van der Waals surface area contributed by atoms with Crippen LogP contribution in [0.25, 0.3) is 11.4 Å². The highest BCUT2D eigenvalue weighted by molar-refractivity contribution is 5.98. The molecule has 2 N–H and O–H groups in total. The maximum Gasteiger partial charge on any atom is 0.434 e. The molecule has 10 heteroatoms. The number of benzene rings is 1. The lowest BCUT2D eigenvalue weighted by Gasteiger charge is -2.34. The molecule has 2 aromatic rings. The van der Waals surface area contributed by atoms with Gasteiger partial charge in [0.25, 0.3) is 0 Å². The summed E-state index contributed by atoms with van der Waals surface area (Å²) in [4.78, 5) is 33.6. The van der Waals surface area contributed by atoms with E-state index in [0.717, 1.165) is 24.8 Å². The number of carboxylic acid groups (broad SMARTS) is 1. The highest BCUT2D eigenvalue weighted by Gasteiger charge is 2.27. The van der Waals surface area contributed by atoms with Crippen LogP contribution in [0.1, 0.15) is 103 Å².